The Hall–Kier alpha value is -2.79. The van der Waals surface area contributed by atoms with Crippen LogP contribution >= 0.6 is 0 Å². The molecule has 2 atom stereocenters. The third kappa shape index (κ3) is 5.84. The van der Waals surface area contributed by atoms with Crippen LogP contribution in [0.2, 0.25) is 0 Å². The van der Waals surface area contributed by atoms with Gasteiger partial charge in [0.1, 0.15) is 11.5 Å². The standard InChI is InChI=1S/C18H20N2O3/c1-12(2)16(7-5-13(3)10-19)22-18(21)23-17-8-6-15(11-20)9-14(17)4/h6-8,13-14H,1,5,9H2,2-4H3. The second-order valence-electron chi connectivity index (χ2n) is 5.55. The molecule has 0 aliphatic heterocycles. The maximum atomic E-state index is 11.9. The first kappa shape index (κ1) is 18.3. The lowest BCUT2D eigenvalue weighted by Crippen LogP contribution is -2.14. The summed E-state index contributed by atoms with van der Waals surface area (Å²) in [4.78, 5) is 11.9. The number of carbonyl (C=O) groups excluding carboxylic acids is 1. The Kier molecular flexibility index (Phi) is 6.83. The van der Waals surface area contributed by atoms with E-state index in [1.54, 1.807) is 32.1 Å². The highest BCUT2D eigenvalue weighted by Gasteiger charge is 2.20. The van der Waals surface area contributed by atoms with Crippen LogP contribution in [-0.4, -0.2) is 6.16 Å². The van der Waals surface area contributed by atoms with Crippen LogP contribution in [0.5, 0.6) is 0 Å². The molecule has 0 N–H and O–H groups in total. The average Bonchev–Trinajstić information content (AvgIpc) is 2.52. The quantitative estimate of drug-likeness (QED) is 0.423. The second kappa shape index (κ2) is 8.60. The summed E-state index contributed by atoms with van der Waals surface area (Å²) in [6.45, 7) is 9.10. The Morgan fingerprint density at radius 1 is 1.52 bits per heavy atom. The molecule has 0 saturated heterocycles. The van der Waals surface area contributed by atoms with E-state index in [4.69, 9.17) is 20.0 Å². The third-order valence-electron chi connectivity index (χ3n) is 3.30. The molecule has 5 nitrogen and oxygen atoms in total. The van der Waals surface area contributed by atoms with Crippen molar-refractivity contribution in [3.63, 3.8) is 0 Å². The van der Waals surface area contributed by atoms with Crippen molar-refractivity contribution in [3.8, 4) is 12.1 Å². The minimum Gasteiger partial charge on any atom is -0.399 e. The summed E-state index contributed by atoms with van der Waals surface area (Å²) >= 11 is 0. The molecule has 1 aliphatic rings. The van der Waals surface area contributed by atoms with Gasteiger partial charge in [-0.1, -0.05) is 13.5 Å². The van der Waals surface area contributed by atoms with E-state index in [1.165, 1.54) is 0 Å². The van der Waals surface area contributed by atoms with Crippen molar-refractivity contribution in [2.75, 3.05) is 0 Å². The fraction of sp³-hybridized carbons (Fsp3) is 0.389. The number of rotatable bonds is 5. The predicted molar refractivity (Wildman–Crippen MR) is 85.4 cm³/mol. The number of ether oxygens (including phenoxy) is 2. The first-order valence-electron chi connectivity index (χ1n) is 7.33. The van der Waals surface area contributed by atoms with E-state index in [2.05, 4.69) is 18.7 Å². The molecule has 0 saturated carbocycles. The lowest BCUT2D eigenvalue weighted by molar-refractivity contribution is 0.0954. The van der Waals surface area contributed by atoms with Crippen LogP contribution < -0.4 is 0 Å². The molecule has 1 aliphatic carbocycles. The van der Waals surface area contributed by atoms with Gasteiger partial charge in [-0.15, -0.1) is 0 Å². The zero-order valence-corrected chi connectivity index (χ0v) is 13.6. The van der Waals surface area contributed by atoms with Gasteiger partial charge in [-0.2, -0.15) is 10.5 Å². The summed E-state index contributed by atoms with van der Waals surface area (Å²) in [7, 11) is 0. The zero-order chi connectivity index (χ0) is 17.4. The van der Waals surface area contributed by atoms with E-state index in [1.807, 2.05) is 6.92 Å². The second-order valence-corrected chi connectivity index (χ2v) is 5.55. The van der Waals surface area contributed by atoms with Crippen molar-refractivity contribution in [1.29, 1.82) is 10.5 Å². The molecule has 0 radical (unpaired) electrons. The smallest absolute Gasteiger partial charge is 0.399 e. The number of nitrogens with zero attached hydrogens (tertiary/aromatic N) is 2. The van der Waals surface area contributed by atoms with Crippen LogP contribution in [0.1, 0.15) is 33.6 Å². The minimum atomic E-state index is -0.851. The van der Waals surface area contributed by atoms with Crippen LogP contribution in [0.3, 0.4) is 0 Å². The molecule has 0 aromatic heterocycles. The van der Waals surface area contributed by atoms with Gasteiger partial charge in [-0.3, -0.25) is 0 Å². The number of hydrogen-bond acceptors (Lipinski definition) is 5. The third-order valence-corrected chi connectivity index (χ3v) is 3.30. The molecule has 2 unspecified atom stereocenters. The Bertz CT molecular complexity index is 657. The topological polar surface area (TPSA) is 83.1 Å². The molecule has 0 aromatic carbocycles. The molecule has 0 bridgehead atoms. The van der Waals surface area contributed by atoms with Crippen LogP contribution in [0, 0.1) is 34.5 Å². The van der Waals surface area contributed by atoms with Crippen molar-refractivity contribution in [2.24, 2.45) is 11.8 Å². The molecular formula is C18H20N2O3. The first-order valence-corrected chi connectivity index (χ1v) is 7.33. The van der Waals surface area contributed by atoms with Crippen LogP contribution in [-0.2, 0) is 9.47 Å². The number of allylic oxidation sites excluding steroid dienone is 6. The fourth-order valence-corrected chi connectivity index (χ4v) is 1.91. The molecule has 0 aromatic rings. The highest BCUT2D eigenvalue weighted by atomic mass is 16.7. The van der Waals surface area contributed by atoms with Gasteiger partial charge in [0.15, 0.2) is 0 Å². The summed E-state index contributed by atoms with van der Waals surface area (Å²) < 4.78 is 10.4. The molecule has 0 amide bonds. The van der Waals surface area contributed by atoms with E-state index in [9.17, 15) is 4.79 Å². The van der Waals surface area contributed by atoms with E-state index in [0.717, 1.165) is 0 Å². The van der Waals surface area contributed by atoms with Gasteiger partial charge in [-0.25, -0.2) is 4.79 Å². The molecule has 0 fully saturated rings. The normalized spacial score (nSPS) is 18.7. The monoisotopic (exact) mass is 312 g/mol. The van der Waals surface area contributed by atoms with Gasteiger partial charge in [0, 0.05) is 17.4 Å². The van der Waals surface area contributed by atoms with Gasteiger partial charge < -0.3 is 9.47 Å². The van der Waals surface area contributed by atoms with E-state index >= 15 is 0 Å². The molecule has 5 heteroatoms. The van der Waals surface area contributed by atoms with Crippen molar-refractivity contribution >= 4 is 6.16 Å². The van der Waals surface area contributed by atoms with Crippen LogP contribution in [0.15, 0.2) is 47.5 Å². The van der Waals surface area contributed by atoms with Crippen LogP contribution in [0.4, 0.5) is 4.79 Å². The van der Waals surface area contributed by atoms with E-state index < -0.39 is 6.16 Å². The summed E-state index contributed by atoms with van der Waals surface area (Å²) in [5.74, 6) is 0.507. The Labute approximate surface area is 136 Å². The molecule has 1 rings (SSSR count). The molecular weight excluding hydrogens is 292 g/mol. The van der Waals surface area contributed by atoms with Crippen LogP contribution in [0.25, 0.3) is 0 Å². The summed E-state index contributed by atoms with van der Waals surface area (Å²) in [5, 5.41) is 17.6. The summed E-state index contributed by atoms with van der Waals surface area (Å²) in [5.41, 5.74) is 1.22. The first-order chi connectivity index (χ1) is 10.9. The Morgan fingerprint density at radius 3 is 2.74 bits per heavy atom. The van der Waals surface area contributed by atoms with Crippen molar-refractivity contribution < 1.29 is 14.3 Å². The van der Waals surface area contributed by atoms with E-state index in [0.29, 0.717) is 35.5 Å². The lowest BCUT2D eigenvalue weighted by Gasteiger charge is -2.18. The number of nitriles is 2. The Morgan fingerprint density at radius 2 is 2.22 bits per heavy atom. The molecule has 23 heavy (non-hydrogen) atoms. The SMILES string of the molecule is C=C(C)C(=CCC(C)C#N)OC(=O)OC1=CC=C(C#N)CC1C. The highest BCUT2D eigenvalue weighted by molar-refractivity contribution is 5.64. The largest absolute Gasteiger partial charge is 0.519 e. The van der Waals surface area contributed by atoms with Gasteiger partial charge >= 0.3 is 6.16 Å². The van der Waals surface area contributed by atoms with Gasteiger partial charge in [-0.05, 0) is 50.5 Å². The summed E-state index contributed by atoms with van der Waals surface area (Å²) in [6, 6.07) is 4.19. The van der Waals surface area contributed by atoms with Gasteiger partial charge in [0.2, 0.25) is 0 Å². The number of hydrogen-bond donors (Lipinski definition) is 0. The average molecular weight is 312 g/mol. The molecule has 0 heterocycles. The fourth-order valence-electron chi connectivity index (χ4n) is 1.91. The number of carbonyl (C=O) groups is 1. The minimum absolute atomic E-state index is 0.0712. The van der Waals surface area contributed by atoms with E-state index in [-0.39, 0.29) is 11.8 Å². The van der Waals surface area contributed by atoms with Crippen molar-refractivity contribution in [2.45, 2.75) is 33.6 Å². The summed E-state index contributed by atoms with van der Waals surface area (Å²) in [6.07, 6.45) is 5.03. The molecule has 120 valence electrons. The van der Waals surface area contributed by atoms with Gasteiger partial charge in [0.05, 0.1) is 12.1 Å². The maximum absolute atomic E-state index is 11.9. The molecule has 0 spiro atoms. The van der Waals surface area contributed by atoms with Crippen molar-refractivity contribution in [3.05, 3.63) is 47.5 Å². The zero-order valence-electron chi connectivity index (χ0n) is 13.6. The highest BCUT2D eigenvalue weighted by Crippen LogP contribution is 2.26. The Balaban J connectivity index is 2.72. The lowest BCUT2D eigenvalue weighted by atomic mass is 9.95. The van der Waals surface area contributed by atoms with Gasteiger partial charge in [0.25, 0.3) is 0 Å². The maximum Gasteiger partial charge on any atom is 0.519 e. The van der Waals surface area contributed by atoms with Crippen molar-refractivity contribution in [1.82, 2.24) is 0 Å². The predicted octanol–water partition coefficient (Wildman–Crippen LogP) is 4.52.